The summed E-state index contributed by atoms with van der Waals surface area (Å²) < 4.78 is 28.2. The van der Waals surface area contributed by atoms with E-state index in [9.17, 15) is 8.42 Å². The topological polar surface area (TPSA) is 105 Å². The molecule has 1 aliphatic rings. The van der Waals surface area contributed by atoms with E-state index < -0.39 is 10.0 Å². The number of hydrogen-bond acceptors (Lipinski definition) is 5. The molecule has 1 aliphatic heterocycles. The van der Waals surface area contributed by atoms with Gasteiger partial charge < -0.3 is 10.3 Å². The molecule has 0 bridgehead atoms. The average molecular weight is 268 g/mol. The summed E-state index contributed by atoms with van der Waals surface area (Å²) in [6.45, 7) is 1.58. The fourth-order valence-electron chi connectivity index (χ4n) is 1.72. The summed E-state index contributed by atoms with van der Waals surface area (Å²) in [6, 6.07) is 1.83. The average Bonchev–Trinajstić information content (AvgIpc) is 2.86. The summed E-state index contributed by atoms with van der Waals surface area (Å²) >= 11 is 0. The first-order chi connectivity index (χ1) is 8.67. The number of nitrogens with zero attached hydrogens (tertiary/aromatic N) is 3. The molecule has 0 amide bonds. The first-order valence-electron chi connectivity index (χ1n) is 5.42. The predicted molar refractivity (Wildman–Crippen MR) is 63.5 cm³/mol. The number of aromatic amines is 1. The lowest BCUT2D eigenvalue weighted by Gasteiger charge is -2.28. The van der Waals surface area contributed by atoms with Crippen LogP contribution in [0.2, 0.25) is 0 Å². The number of hydrogen-bond donors (Lipinski definition) is 3. The van der Waals surface area contributed by atoms with E-state index in [0.29, 0.717) is 5.82 Å². The van der Waals surface area contributed by atoms with E-state index in [-0.39, 0.29) is 11.1 Å². The third-order valence-corrected chi connectivity index (χ3v) is 4.06. The van der Waals surface area contributed by atoms with Crippen LogP contribution in [0, 0.1) is 0 Å². The Morgan fingerprint density at radius 3 is 2.89 bits per heavy atom. The smallest absolute Gasteiger partial charge is 0.280 e. The Labute approximate surface area is 103 Å². The van der Waals surface area contributed by atoms with Gasteiger partial charge in [0.2, 0.25) is 0 Å². The van der Waals surface area contributed by atoms with Crippen molar-refractivity contribution in [3.05, 3.63) is 24.8 Å². The fourth-order valence-corrected chi connectivity index (χ4v) is 2.67. The molecule has 9 heteroatoms. The quantitative estimate of drug-likeness (QED) is 0.696. The summed E-state index contributed by atoms with van der Waals surface area (Å²) in [4.78, 5) is 6.26. The van der Waals surface area contributed by atoms with Crippen LogP contribution in [0.4, 0.5) is 5.82 Å². The maximum Gasteiger partial charge on any atom is 0.280 e. The van der Waals surface area contributed by atoms with Gasteiger partial charge in [0.05, 0.1) is 24.8 Å². The van der Waals surface area contributed by atoms with Crippen molar-refractivity contribution in [2.75, 3.05) is 17.8 Å². The van der Waals surface area contributed by atoms with Gasteiger partial charge in [-0.2, -0.15) is 13.5 Å². The highest BCUT2D eigenvalue weighted by Crippen LogP contribution is 2.19. The molecule has 18 heavy (non-hydrogen) atoms. The van der Waals surface area contributed by atoms with Crippen LogP contribution in [0.3, 0.4) is 0 Å². The summed E-state index contributed by atoms with van der Waals surface area (Å²) in [5.41, 5.74) is 0. The first-order valence-corrected chi connectivity index (χ1v) is 6.90. The van der Waals surface area contributed by atoms with E-state index in [1.165, 1.54) is 12.5 Å². The highest BCUT2D eigenvalue weighted by Gasteiger charge is 2.24. The Hall–Kier alpha value is -1.87. The molecule has 0 atom stereocenters. The Kier molecular flexibility index (Phi) is 2.56. The molecule has 96 valence electrons. The van der Waals surface area contributed by atoms with Crippen molar-refractivity contribution in [1.82, 2.24) is 25.1 Å². The number of aromatic nitrogens is 4. The molecule has 0 aromatic carbocycles. The van der Waals surface area contributed by atoms with Gasteiger partial charge in [0.1, 0.15) is 5.82 Å². The molecule has 3 rings (SSSR count). The van der Waals surface area contributed by atoms with Gasteiger partial charge in [-0.1, -0.05) is 0 Å². The lowest BCUT2D eigenvalue weighted by Crippen LogP contribution is -2.44. The lowest BCUT2D eigenvalue weighted by atomic mass is 10.2. The van der Waals surface area contributed by atoms with E-state index in [4.69, 9.17) is 0 Å². The second kappa shape index (κ2) is 4.10. The van der Waals surface area contributed by atoms with Crippen molar-refractivity contribution in [2.24, 2.45) is 0 Å². The Bertz CT molecular complexity index is 628. The minimum Gasteiger partial charge on any atom is -0.334 e. The zero-order chi connectivity index (χ0) is 12.6. The van der Waals surface area contributed by atoms with E-state index >= 15 is 0 Å². The van der Waals surface area contributed by atoms with Crippen molar-refractivity contribution in [3.63, 3.8) is 0 Å². The molecule has 1 saturated heterocycles. The zero-order valence-corrected chi connectivity index (χ0v) is 10.2. The molecule has 0 unspecified atom stereocenters. The maximum absolute atomic E-state index is 12.0. The number of nitrogens with one attached hydrogen (secondary N) is 3. The summed E-state index contributed by atoms with van der Waals surface area (Å²) in [6.07, 6.45) is 4.15. The van der Waals surface area contributed by atoms with Gasteiger partial charge in [-0.05, 0) is 0 Å². The summed E-state index contributed by atoms with van der Waals surface area (Å²) in [5, 5.41) is 7.27. The molecule has 3 N–H and O–H groups in total. The van der Waals surface area contributed by atoms with Crippen molar-refractivity contribution in [2.45, 2.75) is 11.1 Å². The second-order valence-corrected chi connectivity index (χ2v) is 5.65. The van der Waals surface area contributed by atoms with Crippen molar-refractivity contribution < 1.29 is 8.42 Å². The first kappa shape index (κ1) is 11.2. The SMILES string of the molecule is O=S(=O)(Nc1ccnn1C1CNC1)c1cnc[nH]1. The van der Waals surface area contributed by atoms with E-state index in [0.717, 1.165) is 13.1 Å². The van der Waals surface area contributed by atoms with Gasteiger partial charge in [0.25, 0.3) is 10.0 Å². The minimum atomic E-state index is -3.63. The van der Waals surface area contributed by atoms with Gasteiger partial charge in [-0.15, -0.1) is 0 Å². The highest BCUT2D eigenvalue weighted by atomic mass is 32.2. The molecule has 2 aromatic rings. The van der Waals surface area contributed by atoms with Crippen LogP contribution in [0.1, 0.15) is 6.04 Å². The number of rotatable bonds is 4. The standard InChI is InChI=1S/C9H12N6O2S/c16-18(17,9-5-11-6-12-9)14-8-1-2-13-15(8)7-3-10-4-7/h1-2,5-7,10,14H,3-4H2,(H,11,12). The molecular weight excluding hydrogens is 256 g/mol. The summed E-state index contributed by atoms with van der Waals surface area (Å²) in [7, 11) is -3.63. The number of imidazole rings is 1. The zero-order valence-electron chi connectivity index (χ0n) is 9.37. The minimum absolute atomic E-state index is 0.0296. The van der Waals surface area contributed by atoms with Gasteiger partial charge in [0, 0.05) is 19.2 Å². The lowest BCUT2D eigenvalue weighted by molar-refractivity contribution is 0.322. The van der Waals surface area contributed by atoms with Gasteiger partial charge in [-0.25, -0.2) is 9.67 Å². The van der Waals surface area contributed by atoms with Crippen LogP contribution in [-0.2, 0) is 10.0 Å². The molecule has 8 nitrogen and oxygen atoms in total. The van der Waals surface area contributed by atoms with Crippen LogP contribution in [0.15, 0.2) is 29.8 Å². The molecule has 1 fully saturated rings. The maximum atomic E-state index is 12.0. The summed E-state index contributed by atoms with van der Waals surface area (Å²) in [5.74, 6) is 0.455. The molecule has 0 saturated carbocycles. The molecule has 0 aliphatic carbocycles. The normalized spacial score (nSPS) is 16.4. The molecule has 2 aromatic heterocycles. The van der Waals surface area contributed by atoms with Crippen LogP contribution < -0.4 is 10.0 Å². The van der Waals surface area contributed by atoms with Gasteiger partial charge in [0.15, 0.2) is 5.03 Å². The van der Waals surface area contributed by atoms with E-state index in [2.05, 4.69) is 25.1 Å². The fraction of sp³-hybridized carbons (Fsp3) is 0.333. The largest absolute Gasteiger partial charge is 0.334 e. The number of sulfonamides is 1. The van der Waals surface area contributed by atoms with Crippen molar-refractivity contribution in [1.29, 1.82) is 0 Å². The molecule has 0 spiro atoms. The van der Waals surface area contributed by atoms with Crippen LogP contribution in [0.25, 0.3) is 0 Å². The molecule has 0 radical (unpaired) electrons. The third-order valence-electron chi connectivity index (χ3n) is 2.78. The highest BCUT2D eigenvalue weighted by molar-refractivity contribution is 7.92. The van der Waals surface area contributed by atoms with E-state index in [1.54, 1.807) is 16.9 Å². The van der Waals surface area contributed by atoms with Crippen LogP contribution >= 0.6 is 0 Å². The van der Waals surface area contributed by atoms with Crippen molar-refractivity contribution >= 4 is 15.8 Å². The second-order valence-electron chi connectivity index (χ2n) is 3.99. The number of anilines is 1. The van der Waals surface area contributed by atoms with Crippen molar-refractivity contribution in [3.8, 4) is 0 Å². The predicted octanol–water partition coefficient (Wildman–Crippen LogP) is -0.449. The third kappa shape index (κ3) is 1.87. The monoisotopic (exact) mass is 268 g/mol. The van der Waals surface area contributed by atoms with Crippen LogP contribution in [0.5, 0.6) is 0 Å². The van der Waals surface area contributed by atoms with Gasteiger partial charge in [-0.3, -0.25) is 4.72 Å². The molecule has 3 heterocycles. The van der Waals surface area contributed by atoms with Crippen LogP contribution in [-0.4, -0.2) is 41.3 Å². The van der Waals surface area contributed by atoms with E-state index in [1.807, 2.05) is 0 Å². The Morgan fingerprint density at radius 1 is 1.44 bits per heavy atom. The van der Waals surface area contributed by atoms with Gasteiger partial charge >= 0.3 is 0 Å². The number of H-pyrrole nitrogens is 1. The Morgan fingerprint density at radius 2 is 2.28 bits per heavy atom. The Balaban J connectivity index is 1.87. The molecular formula is C9H12N6O2S.